The first-order valence-electron chi connectivity index (χ1n) is 7.70. The Morgan fingerprint density at radius 2 is 2.00 bits per heavy atom. The highest BCUT2D eigenvalue weighted by Gasteiger charge is 2.20. The normalized spacial score (nSPS) is 15.1. The Bertz CT molecular complexity index is 628. The van der Waals surface area contributed by atoms with Crippen molar-refractivity contribution < 1.29 is 9.53 Å². The van der Waals surface area contributed by atoms with Crippen LogP contribution < -0.4 is 5.32 Å². The first-order chi connectivity index (χ1) is 10.8. The molecular formula is C17H21N3O2. The van der Waals surface area contributed by atoms with Crippen molar-refractivity contribution >= 4 is 11.7 Å². The number of amides is 1. The number of hydrogen-bond donors (Lipinski definition) is 1. The van der Waals surface area contributed by atoms with Crippen molar-refractivity contribution in [1.82, 2.24) is 9.78 Å². The van der Waals surface area contributed by atoms with Crippen LogP contribution >= 0.6 is 0 Å². The average molecular weight is 299 g/mol. The van der Waals surface area contributed by atoms with E-state index in [0.717, 1.165) is 24.2 Å². The molecule has 3 rings (SSSR count). The van der Waals surface area contributed by atoms with Crippen LogP contribution in [-0.4, -0.2) is 22.8 Å². The predicted molar refractivity (Wildman–Crippen MR) is 84.8 cm³/mol. The standard InChI is InChI=1S/C17H21N3O2/c1-22-12-13-6-8-14(9-7-13)17(21)19-16-10-11-18-20(16)15-4-2-3-5-15/h6-11,15H,2-5,12H2,1H3,(H,19,21). The fraction of sp³-hybridized carbons (Fsp3) is 0.412. The number of aromatic nitrogens is 2. The van der Waals surface area contributed by atoms with Crippen molar-refractivity contribution in [2.24, 2.45) is 0 Å². The molecular weight excluding hydrogens is 278 g/mol. The number of ether oxygens (including phenoxy) is 1. The summed E-state index contributed by atoms with van der Waals surface area (Å²) in [5, 5.41) is 7.33. The van der Waals surface area contributed by atoms with E-state index in [9.17, 15) is 4.79 Å². The second-order valence-corrected chi connectivity index (χ2v) is 5.68. The molecule has 0 unspecified atom stereocenters. The smallest absolute Gasteiger partial charge is 0.256 e. The van der Waals surface area contributed by atoms with E-state index in [1.807, 2.05) is 35.0 Å². The van der Waals surface area contributed by atoms with Crippen LogP contribution in [0, 0.1) is 0 Å². The first-order valence-corrected chi connectivity index (χ1v) is 7.70. The fourth-order valence-corrected chi connectivity index (χ4v) is 2.96. The minimum absolute atomic E-state index is 0.108. The summed E-state index contributed by atoms with van der Waals surface area (Å²) in [4.78, 5) is 12.4. The SMILES string of the molecule is COCc1ccc(C(=O)Nc2ccnn2C2CCCC2)cc1. The van der Waals surface area contributed by atoms with E-state index in [4.69, 9.17) is 4.74 Å². The number of carbonyl (C=O) groups is 1. The molecule has 116 valence electrons. The summed E-state index contributed by atoms with van der Waals surface area (Å²) in [5.41, 5.74) is 1.69. The Balaban J connectivity index is 1.70. The van der Waals surface area contributed by atoms with Crippen LogP contribution in [0.15, 0.2) is 36.5 Å². The van der Waals surface area contributed by atoms with Gasteiger partial charge in [0.1, 0.15) is 5.82 Å². The van der Waals surface area contributed by atoms with Crippen molar-refractivity contribution in [3.63, 3.8) is 0 Å². The highest BCUT2D eigenvalue weighted by atomic mass is 16.5. The Morgan fingerprint density at radius 3 is 2.68 bits per heavy atom. The van der Waals surface area contributed by atoms with Gasteiger partial charge in [0.15, 0.2) is 0 Å². The van der Waals surface area contributed by atoms with Crippen LogP contribution in [0.5, 0.6) is 0 Å². The van der Waals surface area contributed by atoms with Gasteiger partial charge in [-0.25, -0.2) is 4.68 Å². The lowest BCUT2D eigenvalue weighted by Crippen LogP contribution is -2.17. The molecule has 5 nitrogen and oxygen atoms in total. The molecule has 0 radical (unpaired) electrons. The summed E-state index contributed by atoms with van der Waals surface area (Å²) < 4.78 is 7.02. The van der Waals surface area contributed by atoms with E-state index >= 15 is 0 Å². The molecule has 1 N–H and O–H groups in total. The summed E-state index contributed by atoms with van der Waals surface area (Å²) in [5.74, 6) is 0.668. The van der Waals surface area contributed by atoms with Gasteiger partial charge in [0.05, 0.1) is 18.8 Å². The van der Waals surface area contributed by atoms with Crippen molar-refractivity contribution in [2.45, 2.75) is 38.3 Å². The van der Waals surface area contributed by atoms with Crippen molar-refractivity contribution in [1.29, 1.82) is 0 Å². The number of benzene rings is 1. The van der Waals surface area contributed by atoms with Crippen LogP contribution in [0.3, 0.4) is 0 Å². The summed E-state index contributed by atoms with van der Waals surface area (Å²) in [6.07, 6.45) is 6.49. The number of carbonyl (C=O) groups excluding carboxylic acids is 1. The molecule has 5 heteroatoms. The maximum Gasteiger partial charge on any atom is 0.256 e. The minimum atomic E-state index is -0.108. The van der Waals surface area contributed by atoms with Crippen LogP contribution in [0.25, 0.3) is 0 Å². The lowest BCUT2D eigenvalue weighted by Gasteiger charge is -2.14. The third kappa shape index (κ3) is 3.20. The molecule has 1 amide bonds. The zero-order valence-corrected chi connectivity index (χ0v) is 12.8. The quantitative estimate of drug-likeness (QED) is 0.920. The molecule has 0 spiro atoms. The van der Waals surface area contributed by atoms with Crippen molar-refractivity contribution in [2.75, 3.05) is 12.4 Å². The molecule has 22 heavy (non-hydrogen) atoms. The minimum Gasteiger partial charge on any atom is -0.380 e. The van der Waals surface area contributed by atoms with Gasteiger partial charge in [0.2, 0.25) is 0 Å². The topological polar surface area (TPSA) is 56.1 Å². The van der Waals surface area contributed by atoms with E-state index in [0.29, 0.717) is 18.2 Å². The third-order valence-electron chi connectivity index (χ3n) is 4.11. The third-order valence-corrected chi connectivity index (χ3v) is 4.11. The Labute approximate surface area is 130 Å². The number of hydrogen-bond acceptors (Lipinski definition) is 3. The van der Waals surface area contributed by atoms with Crippen molar-refractivity contribution in [3.05, 3.63) is 47.7 Å². The molecule has 1 aliphatic carbocycles. The number of nitrogens with one attached hydrogen (secondary N) is 1. The zero-order chi connectivity index (χ0) is 15.4. The van der Waals surface area contributed by atoms with Gasteiger partial charge in [-0.3, -0.25) is 4.79 Å². The summed E-state index contributed by atoms with van der Waals surface area (Å²) >= 11 is 0. The van der Waals surface area contributed by atoms with Crippen LogP contribution in [0.2, 0.25) is 0 Å². The molecule has 1 saturated carbocycles. The van der Waals surface area contributed by atoms with Gasteiger partial charge in [-0.1, -0.05) is 25.0 Å². The van der Waals surface area contributed by atoms with Gasteiger partial charge in [-0.15, -0.1) is 0 Å². The molecule has 1 aliphatic rings. The number of anilines is 1. The Kier molecular flexibility index (Phi) is 4.53. The molecule has 0 aliphatic heterocycles. The number of nitrogens with zero attached hydrogens (tertiary/aromatic N) is 2. The maximum atomic E-state index is 12.4. The molecule has 1 aromatic heterocycles. The van der Waals surface area contributed by atoms with Crippen LogP contribution in [0.4, 0.5) is 5.82 Å². The summed E-state index contributed by atoms with van der Waals surface area (Å²) in [7, 11) is 1.66. The molecule has 1 heterocycles. The Hall–Kier alpha value is -2.14. The van der Waals surface area contributed by atoms with Gasteiger partial charge in [0, 0.05) is 18.7 Å². The second kappa shape index (κ2) is 6.75. The average Bonchev–Trinajstić information content (AvgIpc) is 3.19. The first kappa shape index (κ1) is 14.8. The number of rotatable bonds is 5. The highest BCUT2D eigenvalue weighted by Crippen LogP contribution is 2.31. The van der Waals surface area contributed by atoms with Crippen LogP contribution in [-0.2, 0) is 11.3 Å². The van der Waals surface area contributed by atoms with Gasteiger partial charge >= 0.3 is 0 Å². The van der Waals surface area contributed by atoms with Crippen LogP contribution in [0.1, 0.15) is 47.6 Å². The Morgan fingerprint density at radius 1 is 1.27 bits per heavy atom. The molecule has 0 saturated heterocycles. The van der Waals surface area contributed by atoms with E-state index < -0.39 is 0 Å². The summed E-state index contributed by atoms with van der Waals surface area (Å²) in [6, 6.07) is 9.73. The number of methoxy groups -OCH3 is 1. The van der Waals surface area contributed by atoms with Gasteiger partial charge in [0.25, 0.3) is 5.91 Å². The summed E-state index contributed by atoms with van der Waals surface area (Å²) in [6.45, 7) is 0.552. The van der Waals surface area contributed by atoms with Gasteiger partial charge in [-0.05, 0) is 30.5 Å². The largest absolute Gasteiger partial charge is 0.380 e. The van der Waals surface area contributed by atoms with Gasteiger partial charge < -0.3 is 10.1 Å². The predicted octanol–water partition coefficient (Wildman–Crippen LogP) is 3.40. The second-order valence-electron chi connectivity index (χ2n) is 5.68. The van der Waals surface area contributed by atoms with Gasteiger partial charge in [-0.2, -0.15) is 5.10 Å². The van der Waals surface area contributed by atoms with E-state index in [1.165, 1.54) is 12.8 Å². The maximum absolute atomic E-state index is 12.4. The van der Waals surface area contributed by atoms with E-state index in [-0.39, 0.29) is 5.91 Å². The highest BCUT2D eigenvalue weighted by molar-refractivity contribution is 6.03. The molecule has 1 aromatic carbocycles. The molecule has 1 fully saturated rings. The monoisotopic (exact) mass is 299 g/mol. The lowest BCUT2D eigenvalue weighted by molar-refractivity contribution is 0.102. The molecule has 0 atom stereocenters. The molecule has 0 bridgehead atoms. The lowest BCUT2D eigenvalue weighted by atomic mass is 10.1. The van der Waals surface area contributed by atoms with E-state index in [2.05, 4.69) is 10.4 Å². The molecule has 2 aromatic rings. The zero-order valence-electron chi connectivity index (χ0n) is 12.8. The van der Waals surface area contributed by atoms with E-state index in [1.54, 1.807) is 13.3 Å². The fourth-order valence-electron chi connectivity index (χ4n) is 2.96. The van der Waals surface area contributed by atoms with Crippen molar-refractivity contribution in [3.8, 4) is 0 Å².